The van der Waals surface area contributed by atoms with Crippen LogP contribution in [0, 0.1) is 17.3 Å². The number of cyclic esters (lactones) is 1. The van der Waals surface area contributed by atoms with Crippen molar-refractivity contribution in [3.8, 4) is 22.5 Å². The lowest BCUT2D eigenvalue weighted by Crippen LogP contribution is -2.64. The summed E-state index contributed by atoms with van der Waals surface area (Å²) in [7, 11) is 3.27. The third-order valence-electron chi connectivity index (χ3n) is 13.6. The van der Waals surface area contributed by atoms with Gasteiger partial charge in [-0.2, -0.15) is 0 Å². The number of carbonyl (C=O) groups excluding carboxylic acids is 5. The van der Waals surface area contributed by atoms with Crippen molar-refractivity contribution in [1.82, 2.24) is 45.0 Å². The minimum atomic E-state index is -1.09. The highest BCUT2D eigenvalue weighted by molar-refractivity contribution is 7.10. The van der Waals surface area contributed by atoms with Crippen LogP contribution in [-0.2, 0) is 52.8 Å². The quantitative estimate of drug-likeness (QED) is 0.214. The van der Waals surface area contributed by atoms with Crippen LogP contribution >= 0.6 is 11.3 Å². The number of fused-ring (bicyclic) bond motifs is 6. The van der Waals surface area contributed by atoms with Crippen LogP contribution in [0.15, 0.2) is 41.9 Å². The number of nitrogens with one attached hydrogen (secondary N) is 2. The second kappa shape index (κ2) is 20.0. The summed E-state index contributed by atoms with van der Waals surface area (Å²) in [5.41, 5.74) is 9.25. The van der Waals surface area contributed by atoms with Gasteiger partial charge in [-0.3, -0.25) is 29.2 Å². The lowest BCUT2D eigenvalue weighted by atomic mass is 9.84. The van der Waals surface area contributed by atoms with Gasteiger partial charge in [-0.15, -0.1) is 11.3 Å². The lowest BCUT2D eigenvalue weighted by molar-refractivity contribution is -0.155. The van der Waals surface area contributed by atoms with Gasteiger partial charge >= 0.3 is 12.0 Å². The van der Waals surface area contributed by atoms with Gasteiger partial charge in [0, 0.05) is 98.9 Å². The van der Waals surface area contributed by atoms with E-state index in [-0.39, 0.29) is 56.0 Å². The standard InChI is InChI=1S/C49H65N9O8S/c1-9-57-39-15-14-31-22-34(39)35(43(57)33-12-10-16-50-41(33)30(4)64-8)24-49(5,6)28-66-47(62)36-13-11-17-58(53-36)46(61)37(23-40-51-38(31)27-67-40)52-44(59)42(29(2)3)54(7)48(63)56-25-32(26-56)45(60)55-18-20-65-21-19-55/h10,12,14-16,22,27,29-30,32,36-37,42,53H,9,11,13,17-21,23-26,28H2,1-8H3,(H,52,59)/t30-,36-,37-,42?/m0/s1. The van der Waals surface area contributed by atoms with Crippen molar-refractivity contribution in [2.45, 2.75) is 98.0 Å². The van der Waals surface area contributed by atoms with E-state index in [0.29, 0.717) is 63.7 Å². The molecule has 5 amide bonds. The molecule has 3 saturated heterocycles. The number of rotatable bonds is 9. The Kier molecular flexibility index (Phi) is 14.4. The Hall–Kier alpha value is -5.43. The molecule has 4 atom stereocenters. The molecule has 0 spiro atoms. The van der Waals surface area contributed by atoms with Crippen LogP contribution in [0.4, 0.5) is 4.79 Å². The zero-order valence-electron chi connectivity index (χ0n) is 40.0. The van der Waals surface area contributed by atoms with Crippen LogP contribution in [0.5, 0.6) is 0 Å². The number of hydrogen-bond donors (Lipinski definition) is 2. The van der Waals surface area contributed by atoms with Gasteiger partial charge in [-0.25, -0.2) is 15.2 Å². The van der Waals surface area contributed by atoms with E-state index in [4.69, 9.17) is 24.2 Å². The molecular weight excluding hydrogens is 875 g/mol. The number of thiazole rings is 1. The molecule has 4 aromatic rings. The number of methoxy groups -OCH3 is 1. The maximum absolute atomic E-state index is 14.6. The molecular formula is C49H65N9O8S. The molecule has 2 N–H and O–H groups in total. The van der Waals surface area contributed by atoms with E-state index < -0.39 is 41.3 Å². The minimum Gasteiger partial charge on any atom is -0.464 e. The highest BCUT2D eigenvalue weighted by Gasteiger charge is 2.43. The van der Waals surface area contributed by atoms with Gasteiger partial charge in [0.25, 0.3) is 5.91 Å². The van der Waals surface area contributed by atoms with Gasteiger partial charge in [0.15, 0.2) is 0 Å². The molecule has 0 saturated carbocycles. The molecule has 1 unspecified atom stereocenters. The summed E-state index contributed by atoms with van der Waals surface area (Å²) in [5.74, 6) is -2.00. The molecule has 17 nitrogen and oxygen atoms in total. The number of nitrogens with zero attached hydrogens (tertiary/aromatic N) is 7. The van der Waals surface area contributed by atoms with Crippen molar-refractivity contribution in [2.75, 3.05) is 66.7 Å². The normalized spacial score (nSPS) is 21.4. The van der Waals surface area contributed by atoms with E-state index in [9.17, 15) is 24.0 Å². The van der Waals surface area contributed by atoms with Gasteiger partial charge in [0.1, 0.15) is 18.1 Å². The number of urea groups is 1. The van der Waals surface area contributed by atoms with Gasteiger partial charge in [0.2, 0.25) is 11.8 Å². The van der Waals surface area contributed by atoms with Crippen molar-refractivity contribution in [2.24, 2.45) is 17.3 Å². The van der Waals surface area contributed by atoms with Gasteiger partial charge in [-0.05, 0) is 68.9 Å². The maximum atomic E-state index is 14.6. The van der Waals surface area contributed by atoms with Crippen LogP contribution < -0.4 is 10.7 Å². The van der Waals surface area contributed by atoms with Crippen LogP contribution in [-0.4, -0.2) is 149 Å². The topological polar surface area (TPSA) is 181 Å². The summed E-state index contributed by atoms with van der Waals surface area (Å²) in [6, 6.07) is 7.23. The average Bonchev–Trinajstić information content (AvgIpc) is 3.90. The molecule has 0 radical (unpaired) electrons. The van der Waals surface area contributed by atoms with E-state index in [2.05, 4.69) is 60.3 Å². The van der Waals surface area contributed by atoms with Crippen LogP contribution in [0.25, 0.3) is 33.4 Å². The van der Waals surface area contributed by atoms with Crippen molar-refractivity contribution in [3.05, 3.63) is 58.2 Å². The first-order valence-corrected chi connectivity index (χ1v) is 24.5. The Morgan fingerprint density at radius 3 is 2.55 bits per heavy atom. The van der Waals surface area contributed by atoms with Gasteiger partial charge in [-0.1, -0.05) is 33.8 Å². The summed E-state index contributed by atoms with van der Waals surface area (Å²) in [6.07, 6.45) is 3.18. The second-order valence-electron chi connectivity index (χ2n) is 19.4. The van der Waals surface area contributed by atoms with E-state index in [1.807, 2.05) is 32.2 Å². The number of carbonyl (C=O) groups is 5. The zero-order valence-corrected chi connectivity index (χ0v) is 40.8. The fourth-order valence-electron chi connectivity index (χ4n) is 9.92. The maximum Gasteiger partial charge on any atom is 0.324 e. The number of morpholine rings is 1. The minimum absolute atomic E-state index is 0.0103. The number of hydrazine groups is 1. The molecule has 4 aliphatic rings. The van der Waals surface area contributed by atoms with E-state index in [1.165, 1.54) is 21.2 Å². The first kappa shape index (κ1) is 48.0. The fourth-order valence-corrected chi connectivity index (χ4v) is 10.8. The number of esters is 1. The summed E-state index contributed by atoms with van der Waals surface area (Å²) < 4.78 is 19.6. The lowest BCUT2D eigenvalue weighted by Gasteiger charge is -2.44. The number of aryl methyl sites for hydroxylation is 1. The molecule has 3 fully saturated rings. The first-order valence-electron chi connectivity index (χ1n) is 23.6. The number of ether oxygens (including phenoxy) is 3. The third-order valence-corrected chi connectivity index (χ3v) is 14.5. The predicted octanol–water partition coefficient (Wildman–Crippen LogP) is 5.07. The SMILES string of the molecule is CCn1c(-c2cccnc2[C@H](C)OC)c2c3cc(ccc31)-c1csc(n1)C[C@H](NC(=O)C(C(C)C)N(C)C(=O)N1CC(C(=O)N3CCOCC3)C1)C(=O)N1CCC[C@H](N1)C(=O)OCC(C)(C)C2. The number of hydrogen-bond acceptors (Lipinski definition) is 12. The van der Waals surface area contributed by atoms with Crippen molar-refractivity contribution >= 4 is 52.0 Å². The van der Waals surface area contributed by atoms with Crippen LogP contribution in [0.2, 0.25) is 0 Å². The van der Waals surface area contributed by atoms with Crippen LogP contribution in [0.1, 0.15) is 76.8 Å². The first-order chi connectivity index (χ1) is 32.1. The molecule has 3 aromatic heterocycles. The zero-order chi connectivity index (χ0) is 47.7. The van der Waals surface area contributed by atoms with Crippen LogP contribution in [0.3, 0.4) is 0 Å². The number of benzene rings is 1. The molecule has 360 valence electrons. The Morgan fingerprint density at radius 2 is 1.84 bits per heavy atom. The van der Waals surface area contributed by atoms with E-state index >= 15 is 0 Å². The molecule has 18 heteroatoms. The van der Waals surface area contributed by atoms with Crippen molar-refractivity contribution < 1.29 is 38.2 Å². The van der Waals surface area contributed by atoms with E-state index in [1.54, 1.807) is 30.2 Å². The highest BCUT2D eigenvalue weighted by Crippen LogP contribution is 2.42. The Bertz CT molecular complexity index is 2490. The van der Waals surface area contributed by atoms with E-state index in [0.717, 1.165) is 44.7 Å². The summed E-state index contributed by atoms with van der Waals surface area (Å²) >= 11 is 1.41. The summed E-state index contributed by atoms with van der Waals surface area (Å²) in [4.78, 5) is 84.6. The van der Waals surface area contributed by atoms with Gasteiger partial charge < -0.3 is 38.8 Å². The number of pyridine rings is 1. The van der Waals surface area contributed by atoms with Crippen molar-refractivity contribution in [1.29, 1.82) is 0 Å². The third kappa shape index (κ3) is 9.94. The largest absolute Gasteiger partial charge is 0.464 e. The number of likely N-dealkylation sites (N-methyl/N-ethyl adjacent to an activating group) is 1. The monoisotopic (exact) mass is 939 g/mol. The van der Waals surface area contributed by atoms with Gasteiger partial charge in [0.05, 0.1) is 53.9 Å². The fraction of sp³-hybridized carbons (Fsp3) is 0.571. The molecule has 6 bridgehead atoms. The molecule has 7 heterocycles. The molecule has 1 aromatic carbocycles. The summed E-state index contributed by atoms with van der Waals surface area (Å²) in [6.45, 7) is 15.7. The highest BCUT2D eigenvalue weighted by atomic mass is 32.1. The Labute approximate surface area is 396 Å². The van der Waals surface area contributed by atoms with Crippen molar-refractivity contribution in [3.63, 3.8) is 0 Å². The molecule has 0 aliphatic carbocycles. The smallest absolute Gasteiger partial charge is 0.324 e. The Morgan fingerprint density at radius 1 is 1.07 bits per heavy atom. The number of aromatic nitrogens is 3. The predicted molar refractivity (Wildman–Crippen MR) is 254 cm³/mol. The molecule has 8 rings (SSSR count). The molecule has 4 aliphatic heterocycles. The average molecular weight is 940 g/mol. The number of likely N-dealkylation sites (tertiary alicyclic amines) is 1. The molecule has 67 heavy (non-hydrogen) atoms. The summed E-state index contributed by atoms with van der Waals surface area (Å²) in [5, 5.41) is 8.09. The second-order valence-corrected chi connectivity index (χ2v) is 20.3. The number of amides is 5. The Balaban J connectivity index is 1.11.